The molecule has 1 aromatic heterocycles. The highest BCUT2D eigenvalue weighted by Gasteiger charge is 2.09. The Kier molecular flexibility index (Phi) is 7.31. The first-order chi connectivity index (χ1) is 12.1. The van der Waals surface area contributed by atoms with Gasteiger partial charge < -0.3 is 10.6 Å². The van der Waals surface area contributed by atoms with E-state index in [1.165, 1.54) is 0 Å². The number of rotatable bonds is 9. The van der Waals surface area contributed by atoms with E-state index in [1.807, 2.05) is 12.1 Å². The molecule has 0 aliphatic heterocycles. The summed E-state index contributed by atoms with van der Waals surface area (Å²) in [5.74, 6) is -0.446. The Morgan fingerprint density at radius 2 is 1.60 bits per heavy atom. The number of hydrogen-bond acceptors (Lipinski definition) is 4. The van der Waals surface area contributed by atoms with Crippen LogP contribution in [0.2, 0.25) is 0 Å². The molecule has 1 heterocycles. The van der Waals surface area contributed by atoms with E-state index in [1.54, 1.807) is 42.7 Å². The summed E-state index contributed by atoms with van der Waals surface area (Å²) in [5, 5.41) is 5.41. The maximum atomic E-state index is 11.9. The highest BCUT2D eigenvalue weighted by molar-refractivity contribution is 5.97. The Morgan fingerprint density at radius 1 is 0.840 bits per heavy atom. The summed E-state index contributed by atoms with van der Waals surface area (Å²) in [6.07, 6.45) is 3.82. The van der Waals surface area contributed by atoms with E-state index >= 15 is 0 Å². The van der Waals surface area contributed by atoms with Crippen molar-refractivity contribution in [2.45, 2.75) is 25.8 Å². The predicted octanol–water partition coefficient (Wildman–Crippen LogP) is 1.87. The highest BCUT2D eigenvalue weighted by atomic mass is 16.2. The number of ketones is 1. The van der Waals surface area contributed by atoms with Gasteiger partial charge in [0.1, 0.15) is 0 Å². The van der Waals surface area contributed by atoms with Gasteiger partial charge in [-0.25, -0.2) is 0 Å². The maximum Gasteiger partial charge on any atom is 0.222 e. The average Bonchev–Trinajstić information content (AvgIpc) is 2.66. The van der Waals surface area contributed by atoms with Gasteiger partial charge in [0.05, 0.1) is 0 Å². The largest absolute Gasteiger partial charge is 0.356 e. The molecule has 0 saturated heterocycles. The third-order valence-corrected chi connectivity index (χ3v) is 3.56. The molecule has 6 nitrogen and oxygen atoms in total. The minimum absolute atomic E-state index is 0.0648. The molecule has 1 aromatic carbocycles. The maximum absolute atomic E-state index is 11.9. The molecule has 2 rings (SSSR count). The first-order valence-corrected chi connectivity index (χ1v) is 8.15. The summed E-state index contributed by atoms with van der Waals surface area (Å²) in [5.41, 5.74) is 1.52. The van der Waals surface area contributed by atoms with E-state index in [4.69, 9.17) is 0 Å². The normalized spacial score (nSPS) is 10.1. The fourth-order valence-electron chi connectivity index (χ4n) is 2.19. The van der Waals surface area contributed by atoms with Crippen molar-refractivity contribution in [3.05, 3.63) is 66.0 Å². The minimum Gasteiger partial charge on any atom is -0.356 e. The topological polar surface area (TPSA) is 88.2 Å². The van der Waals surface area contributed by atoms with Crippen LogP contribution >= 0.6 is 0 Å². The van der Waals surface area contributed by atoms with Gasteiger partial charge >= 0.3 is 0 Å². The van der Waals surface area contributed by atoms with Crippen LogP contribution in [0.3, 0.4) is 0 Å². The van der Waals surface area contributed by atoms with Crippen molar-refractivity contribution in [2.75, 3.05) is 6.54 Å². The third kappa shape index (κ3) is 6.95. The molecular formula is C19H21N3O3. The summed E-state index contributed by atoms with van der Waals surface area (Å²) >= 11 is 0. The number of hydrogen-bond donors (Lipinski definition) is 2. The Labute approximate surface area is 146 Å². The molecule has 25 heavy (non-hydrogen) atoms. The standard InChI is InChI=1S/C19H21N3O3/c23-17(16-6-2-1-3-7-16)8-9-18(24)21-12-10-19(25)22-14-15-5-4-11-20-13-15/h1-7,11,13H,8-10,12,14H2,(H,21,24)(H,22,25). The van der Waals surface area contributed by atoms with E-state index in [-0.39, 0.29) is 43.4 Å². The van der Waals surface area contributed by atoms with E-state index in [2.05, 4.69) is 15.6 Å². The van der Waals surface area contributed by atoms with Crippen LogP contribution in [-0.2, 0) is 16.1 Å². The van der Waals surface area contributed by atoms with Crippen molar-refractivity contribution in [1.82, 2.24) is 15.6 Å². The first-order valence-electron chi connectivity index (χ1n) is 8.15. The summed E-state index contributed by atoms with van der Waals surface area (Å²) < 4.78 is 0. The Balaban J connectivity index is 1.58. The van der Waals surface area contributed by atoms with Crippen molar-refractivity contribution < 1.29 is 14.4 Å². The van der Waals surface area contributed by atoms with Crippen molar-refractivity contribution in [1.29, 1.82) is 0 Å². The molecule has 0 radical (unpaired) electrons. The minimum atomic E-state index is -0.232. The van der Waals surface area contributed by atoms with Crippen molar-refractivity contribution >= 4 is 17.6 Å². The van der Waals surface area contributed by atoms with Gasteiger partial charge in [0, 0.05) is 50.3 Å². The number of aromatic nitrogens is 1. The molecule has 0 spiro atoms. The summed E-state index contributed by atoms with van der Waals surface area (Å²) in [6, 6.07) is 12.6. The fourth-order valence-corrected chi connectivity index (χ4v) is 2.19. The first kappa shape index (κ1) is 18.3. The highest BCUT2D eigenvalue weighted by Crippen LogP contribution is 2.04. The molecule has 2 amide bonds. The monoisotopic (exact) mass is 339 g/mol. The molecule has 0 fully saturated rings. The van der Waals surface area contributed by atoms with Crippen LogP contribution in [0.1, 0.15) is 35.2 Å². The van der Waals surface area contributed by atoms with Crippen LogP contribution in [0.25, 0.3) is 0 Å². The van der Waals surface area contributed by atoms with Gasteiger partial charge in [-0.1, -0.05) is 36.4 Å². The molecular weight excluding hydrogens is 318 g/mol. The van der Waals surface area contributed by atoms with Crippen molar-refractivity contribution in [3.8, 4) is 0 Å². The summed E-state index contributed by atoms with van der Waals surface area (Å²) in [7, 11) is 0. The summed E-state index contributed by atoms with van der Waals surface area (Å²) in [6.45, 7) is 0.656. The summed E-state index contributed by atoms with van der Waals surface area (Å²) in [4.78, 5) is 39.3. The Hall–Kier alpha value is -3.02. The molecule has 0 bridgehead atoms. The third-order valence-electron chi connectivity index (χ3n) is 3.56. The SMILES string of the molecule is O=C(CCC(=O)c1ccccc1)NCCC(=O)NCc1cccnc1. The lowest BCUT2D eigenvalue weighted by atomic mass is 10.1. The van der Waals surface area contributed by atoms with E-state index in [0.717, 1.165) is 5.56 Å². The molecule has 0 unspecified atom stereocenters. The molecule has 0 aliphatic carbocycles. The predicted molar refractivity (Wildman–Crippen MR) is 93.7 cm³/mol. The quantitative estimate of drug-likeness (QED) is 0.683. The smallest absolute Gasteiger partial charge is 0.222 e. The number of carbonyl (C=O) groups excluding carboxylic acids is 3. The average molecular weight is 339 g/mol. The number of Topliss-reactive ketones (excluding diaryl/α,β-unsaturated/α-hetero) is 1. The number of carbonyl (C=O) groups is 3. The van der Waals surface area contributed by atoms with Crippen LogP contribution in [0.15, 0.2) is 54.9 Å². The second-order valence-electron chi connectivity index (χ2n) is 5.53. The van der Waals surface area contributed by atoms with Gasteiger partial charge in [0.15, 0.2) is 5.78 Å². The second-order valence-corrected chi connectivity index (χ2v) is 5.53. The lowest BCUT2D eigenvalue weighted by Crippen LogP contribution is -2.30. The van der Waals surface area contributed by atoms with Gasteiger partial charge in [0.2, 0.25) is 11.8 Å². The van der Waals surface area contributed by atoms with Crippen molar-refractivity contribution in [3.63, 3.8) is 0 Å². The zero-order valence-electron chi connectivity index (χ0n) is 13.9. The van der Waals surface area contributed by atoms with Crippen LogP contribution in [0, 0.1) is 0 Å². The molecule has 2 aromatic rings. The molecule has 0 aliphatic rings. The van der Waals surface area contributed by atoms with Gasteiger partial charge in [-0.15, -0.1) is 0 Å². The number of benzene rings is 1. The van der Waals surface area contributed by atoms with Crippen molar-refractivity contribution in [2.24, 2.45) is 0 Å². The van der Waals surface area contributed by atoms with Crippen LogP contribution < -0.4 is 10.6 Å². The van der Waals surface area contributed by atoms with E-state index < -0.39 is 0 Å². The number of amides is 2. The molecule has 130 valence electrons. The molecule has 0 saturated carbocycles. The van der Waals surface area contributed by atoms with Gasteiger partial charge in [-0.2, -0.15) is 0 Å². The lowest BCUT2D eigenvalue weighted by molar-refractivity contribution is -0.122. The number of pyridine rings is 1. The van der Waals surface area contributed by atoms with E-state index in [0.29, 0.717) is 12.1 Å². The number of nitrogens with zero attached hydrogens (tertiary/aromatic N) is 1. The Bertz CT molecular complexity index is 702. The molecule has 2 N–H and O–H groups in total. The lowest BCUT2D eigenvalue weighted by Gasteiger charge is -2.07. The fraction of sp³-hybridized carbons (Fsp3) is 0.263. The van der Waals surface area contributed by atoms with Crippen LogP contribution in [0.4, 0.5) is 0 Å². The zero-order valence-corrected chi connectivity index (χ0v) is 13.9. The van der Waals surface area contributed by atoms with Gasteiger partial charge in [-0.05, 0) is 11.6 Å². The van der Waals surface area contributed by atoms with Crippen LogP contribution in [-0.4, -0.2) is 29.1 Å². The van der Waals surface area contributed by atoms with Gasteiger partial charge in [-0.3, -0.25) is 19.4 Å². The molecule has 6 heteroatoms. The zero-order chi connectivity index (χ0) is 17.9. The second kappa shape index (κ2) is 9.97. The number of nitrogens with one attached hydrogen (secondary N) is 2. The van der Waals surface area contributed by atoms with E-state index in [9.17, 15) is 14.4 Å². The Morgan fingerprint density at radius 3 is 2.32 bits per heavy atom. The molecule has 0 atom stereocenters. The van der Waals surface area contributed by atoms with Crippen LogP contribution in [0.5, 0.6) is 0 Å². The van der Waals surface area contributed by atoms with Gasteiger partial charge in [0.25, 0.3) is 0 Å².